The highest BCUT2D eigenvalue weighted by molar-refractivity contribution is 4.81. The fourth-order valence-electron chi connectivity index (χ4n) is 3.36. The molecule has 0 aromatic carbocycles. The first-order valence-electron chi connectivity index (χ1n) is 9.09. The van der Waals surface area contributed by atoms with E-state index in [1.54, 1.807) is 0 Å². The van der Waals surface area contributed by atoms with Crippen molar-refractivity contribution in [3.05, 3.63) is 0 Å². The van der Waals surface area contributed by atoms with Gasteiger partial charge in [-0.2, -0.15) is 0 Å². The highest BCUT2D eigenvalue weighted by atomic mass is 16.5. The average Bonchev–Trinajstić information content (AvgIpc) is 2.39. The summed E-state index contributed by atoms with van der Waals surface area (Å²) in [4.78, 5) is 5.15. The Bertz CT molecular complexity index is 275. The minimum Gasteiger partial charge on any atom is -0.376 e. The first-order valence-corrected chi connectivity index (χ1v) is 9.09. The molecule has 0 unspecified atom stereocenters. The van der Waals surface area contributed by atoms with Gasteiger partial charge in [-0.1, -0.05) is 27.2 Å². The van der Waals surface area contributed by atoms with Gasteiger partial charge in [0.15, 0.2) is 0 Å². The summed E-state index contributed by atoms with van der Waals surface area (Å²) in [6.45, 7) is 15.4. The first-order chi connectivity index (χ1) is 10.0. The van der Waals surface area contributed by atoms with Crippen molar-refractivity contribution in [2.45, 2.75) is 65.4 Å². The van der Waals surface area contributed by atoms with E-state index in [1.807, 2.05) is 0 Å². The third-order valence-corrected chi connectivity index (χ3v) is 4.75. The molecule has 0 atom stereocenters. The number of rotatable bonds is 8. The van der Waals surface area contributed by atoms with Gasteiger partial charge in [0.1, 0.15) is 0 Å². The maximum atomic E-state index is 5.98. The number of likely N-dealkylation sites (tertiary alicyclic amines) is 2. The van der Waals surface area contributed by atoms with Crippen molar-refractivity contribution >= 4 is 0 Å². The zero-order valence-electron chi connectivity index (χ0n) is 14.6. The van der Waals surface area contributed by atoms with Crippen LogP contribution < -0.4 is 0 Å². The summed E-state index contributed by atoms with van der Waals surface area (Å²) in [5.74, 6) is 0. The first kappa shape index (κ1) is 17.2. The van der Waals surface area contributed by atoms with E-state index in [0.717, 1.165) is 19.7 Å². The van der Waals surface area contributed by atoms with Gasteiger partial charge < -0.3 is 9.64 Å². The maximum absolute atomic E-state index is 5.98. The zero-order valence-corrected chi connectivity index (χ0v) is 14.6. The maximum Gasteiger partial charge on any atom is 0.0828 e. The molecule has 3 heteroatoms. The Morgan fingerprint density at radius 2 is 1.57 bits per heavy atom. The number of ether oxygens (including phenoxy) is 1. The van der Waals surface area contributed by atoms with E-state index in [0.29, 0.717) is 11.5 Å². The Hall–Kier alpha value is -0.120. The van der Waals surface area contributed by atoms with E-state index >= 15 is 0 Å². The van der Waals surface area contributed by atoms with Crippen LogP contribution in [0.4, 0.5) is 0 Å². The van der Waals surface area contributed by atoms with Crippen molar-refractivity contribution < 1.29 is 4.74 Å². The molecule has 2 rings (SSSR count). The molecule has 2 fully saturated rings. The lowest BCUT2D eigenvalue weighted by molar-refractivity contribution is -0.0571. The van der Waals surface area contributed by atoms with Gasteiger partial charge in [0, 0.05) is 26.2 Å². The van der Waals surface area contributed by atoms with Crippen molar-refractivity contribution in [1.82, 2.24) is 9.80 Å². The number of hydrogen-bond donors (Lipinski definition) is 0. The number of piperidine rings is 1. The lowest BCUT2D eigenvalue weighted by Gasteiger charge is -2.39. The molecule has 2 saturated heterocycles. The molecule has 0 radical (unpaired) electrons. The lowest BCUT2D eigenvalue weighted by Crippen LogP contribution is -2.52. The predicted octanol–water partition coefficient (Wildman–Crippen LogP) is 3.39. The summed E-state index contributed by atoms with van der Waals surface area (Å²) in [5, 5.41) is 0. The second kappa shape index (κ2) is 8.50. The van der Waals surface area contributed by atoms with Crippen LogP contribution >= 0.6 is 0 Å². The third-order valence-electron chi connectivity index (χ3n) is 4.75. The molecule has 0 aliphatic carbocycles. The molecule has 2 aliphatic rings. The Kier molecular flexibility index (Phi) is 6.97. The minimum absolute atomic E-state index is 0.481. The van der Waals surface area contributed by atoms with E-state index < -0.39 is 0 Å². The van der Waals surface area contributed by atoms with Crippen LogP contribution in [0.15, 0.2) is 0 Å². The molecule has 0 spiro atoms. The summed E-state index contributed by atoms with van der Waals surface area (Å²) >= 11 is 0. The van der Waals surface area contributed by atoms with Gasteiger partial charge in [-0.25, -0.2) is 0 Å². The molecule has 0 aromatic heterocycles. The van der Waals surface area contributed by atoms with Gasteiger partial charge >= 0.3 is 0 Å². The monoisotopic (exact) mass is 296 g/mol. The average molecular weight is 296 g/mol. The van der Waals surface area contributed by atoms with Gasteiger partial charge in [0.2, 0.25) is 0 Å². The number of nitrogens with zero attached hydrogens (tertiary/aromatic N) is 2. The summed E-state index contributed by atoms with van der Waals surface area (Å²) in [6, 6.07) is 0. The van der Waals surface area contributed by atoms with Gasteiger partial charge in [-0.3, -0.25) is 4.90 Å². The molecular formula is C18H36N2O. The van der Waals surface area contributed by atoms with E-state index in [2.05, 4.69) is 30.6 Å². The van der Waals surface area contributed by atoms with Crippen molar-refractivity contribution in [2.24, 2.45) is 5.41 Å². The molecule has 0 amide bonds. The highest BCUT2D eigenvalue weighted by Gasteiger charge is 2.26. The summed E-state index contributed by atoms with van der Waals surface area (Å²) in [7, 11) is 0. The topological polar surface area (TPSA) is 15.7 Å². The van der Waals surface area contributed by atoms with Gasteiger partial charge in [0.05, 0.1) is 6.10 Å². The van der Waals surface area contributed by atoms with Crippen molar-refractivity contribution in [1.29, 1.82) is 0 Å². The molecule has 124 valence electrons. The van der Waals surface area contributed by atoms with E-state index in [1.165, 1.54) is 64.7 Å². The summed E-state index contributed by atoms with van der Waals surface area (Å²) < 4.78 is 5.98. The highest BCUT2D eigenvalue weighted by Crippen LogP contribution is 2.22. The molecule has 2 heterocycles. The van der Waals surface area contributed by atoms with E-state index in [-0.39, 0.29) is 0 Å². The van der Waals surface area contributed by atoms with Crippen LogP contribution in [0.25, 0.3) is 0 Å². The molecule has 0 saturated carbocycles. The van der Waals surface area contributed by atoms with Crippen LogP contribution in [0.1, 0.15) is 59.3 Å². The Morgan fingerprint density at radius 1 is 0.905 bits per heavy atom. The predicted molar refractivity (Wildman–Crippen MR) is 89.8 cm³/mol. The van der Waals surface area contributed by atoms with Crippen LogP contribution in [0.2, 0.25) is 0 Å². The van der Waals surface area contributed by atoms with Crippen LogP contribution in [-0.4, -0.2) is 61.8 Å². The molecule has 3 nitrogen and oxygen atoms in total. The van der Waals surface area contributed by atoms with Gasteiger partial charge in [-0.15, -0.1) is 0 Å². The summed E-state index contributed by atoms with van der Waals surface area (Å²) in [5.41, 5.74) is 0.481. The quantitative estimate of drug-likeness (QED) is 0.639. The third kappa shape index (κ3) is 7.12. The number of hydrogen-bond acceptors (Lipinski definition) is 3. The Morgan fingerprint density at radius 3 is 2.24 bits per heavy atom. The smallest absolute Gasteiger partial charge is 0.0828 e. The lowest BCUT2D eigenvalue weighted by atomic mass is 9.90. The Balaban J connectivity index is 1.40. The molecular weight excluding hydrogens is 260 g/mol. The molecule has 21 heavy (non-hydrogen) atoms. The zero-order chi connectivity index (χ0) is 15.1. The second-order valence-electron chi connectivity index (χ2n) is 8.17. The largest absolute Gasteiger partial charge is 0.376 e. The van der Waals surface area contributed by atoms with Crippen LogP contribution in [0.5, 0.6) is 0 Å². The fourth-order valence-corrected chi connectivity index (χ4v) is 3.36. The second-order valence-corrected chi connectivity index (χ2v) is 8.17. The van der Waals surface area contributed by atoms with Crippen LogP contribution in [0, 0.1) is 5.41 Å². The van der Waals surface area contributed by atoms with Gasteiger partial charge in [0.25, 0.3) is 0 Å². The summed E-state index contributed by atoms with van der Waals surface area (Å²) in [6.07, 6.45) is 8.59. The van der Waals surface area contributed by atoms with E-state index in [4.69, 9.17) is 4.74 Å². The van der Waals surface area contributed by atoms with E-state index in [9.17, 15) is 0 Å². The van der Waals surface area contributed by atoms with Crippen molar-refractivity contribution in [3.63, 3.8) is 0 Å². The standard InChI is InChI=1S/C18H36N2O/c1-18(2,3)9-7-12-20-15-17(16-20)21-14-8-13-19-10-5-4-6-11-19/h17H,4-16H2,1-3H3. The molecule has 0 N–H and O–H groups in total. The van der Waals surface area contributed by atoms with Crippen molar-refractivity contribution in [2.75, 3.05) is 45.9 Å². The molecule has 0 aromatic rings. The minimum atomic E-state index is 0.481. The normalized spacial score (nSPS) is 22.4. The Labute approximate surface area is 132 Å². The SMILES string of the molecule is CC(C)(C)CCCN1CC(OCCCN2CCCCC2)C1. The molecule has 0 bridgehead atoms. The van der Waals surface area contributed by atoms with Crippen LogP contribution in [0.3, 0.4) is 0 Å². The van der Waals surface area contributed by atoms with Gasteiger partial charge in [-0.05, 0) is 57.2 Å². The molecule has 2 aliphatic heterocycles. The fraction of sp³-hybridized carbons (Fsp3) is 1.00. The van der Waals surface area contributed by atoms with Crippen molar-refractivity contribution in [3.8, 4) is 0 Å². The van der Waals surface area contributed by atoms with Crippen LogP contribution in [-0.2, 0) is 4.74 Å².